The van der Waals surface area contributed by atoms with Crippen LogP contribution in [0.2, 0.25) is 0 Å². The van der Waals surface area contributed by atoms with Gasteiger partial charge in [-0.2, -0.15) is 0 Å². The van der Waals surface area contributed by atoms with Crippen molar-refractivity contribution in [3.63, 3.8) is 0 Å². The molecule has 0 heterocycles. The number of sulfonamides is 1. The second-order valence-electron chi connectivity index (χ2n) is 6.30. The van der Waals surface area contributed by atoms with E-state index in [0.717, 1.165) is 38.2 Å². The summed E-state index contributed by atoms with van der Waals surface area (Å²) in [6.07, 6.45) is 6.16. The number of benzene rings is 1. The number of carbonyl (C=O) groups is 2. The highest BCUT2D eigenvalue weighted by molar-refractivity contribution is 7.89. The lowest BCUT2D eigenvalue weighted by atomic mass is 9.96. The minimum atomic E-state index is -3.40. The van der Waals surface area contributed by atoms with E-state index in [9.17, 15) is 18.0 Å². The van der Waals surface area contributed by atoms with E-state index >= 15 is 0 Å². The molecule has 0 saturated heterocycles. The second-order valence-corrected chi connectivity index (χ2v) is 8.17. The van der Waals surface area contributed by atoms with E-state index in [1.165, 1.54) is 0 Å². The quantitative estimate of drug-likeness (QED) is 0.599. The summed E-state index contributed by atoms with van der Waals surface area (Å²) in [5.74, 6) is -0.847. The van der Waals surface area contributed by atoms with Gasteiger partial charge >= 0.3 is 0 Å². The highest BCUT2D eigenvalue weighted by Gasteiger charge is 2.20. The Kier molecular flexibility index (Phi) is 7.35. The van der Waals surface area contributed by atoms with E-state index in [2.05, 4.69) is 21.9 Å². The summed E-state index contributed by atoms with van der Waals surface area (Å²) >= 11 is 0. The third kappa shape index (κ3) is 6.61. The zero-order valence-corrected chi connectivity index (χ0v) is 15.5. The molecule has 0 spiro atoms. The van der Waals surface area contributed by atoms with Crippen LogP contribution in [-0.2, 0) is 14.8 Å². The van der Waals surface area contributed by atoms with E-state index in [1.54, 1.807) is 24.3 Å². The van der Waals surface area contributed by atoms with Crippen LogP contribution >= 0.6 is 0 Å². The molecule has 0 bridgehead atoms. The lowest BCUT2D eigenvalue weighted by molar-refractivity contribution is -0.111. The van der Waals surface area contributed by atoms with E-state index in [0.29, 0.717) is 11.3 Å². The van der Waals surface area contributed by atoms with E-state index in [4.69, 9.17) is 0 Å². The first-order chi connectivity index (χ1) is 12.4. The molecule has 0 aromatic heterocycles. The van der Waals surface area contributed by atoms with Crippen LogP contribution in [0.3, 0.4) is 0 Å². The normalized spacial score (nSPS) is 15.2. The molecule has 26 heavy (non-hydrogen) atoms. The van der Waals surface area contributed by atoms with Gasteiger partial charge in [-0.15, -0.1) is 0 Å². The molecule has 3 N–H and O–H groups in total. The highest BCUT2D eigenvalue weighted by Crippen LogP contribution is 2.18. The van der Waals surface area contributed by atoms with Crippen molar-refractivity contribution in [3.05, 3.63) is 42.5 Å². The van der Waals surface area contributed by atoms with Crippen LogP contribution in [0.25, 0.3) is 0 Å². The lowest BCUT2D eigenvalue weighted by Gasteiger charge is -2.22. The number of carbonyl (C=O) groups excluding carboxylic acids is 2. The summed E-state index contributed by atoms with van der Waals surface area (Å²) in [4.78, 5) is 23.3. The summed E-state index contributed by atoms with van der Waals surface area (Å²) in [6, 6.07) is 6.32. The molecule has 2 amide bonds. The van der Waals surface area contributed by atoms with Crippen molar-refractivity contribution < 1.29 is 18.0 Å². The molecule has 1 aromatic carbocycles. The van der Waals surface area contributed by atoms with Crippen LogP contribution in [-0.4, -0.2) is 38.6 Å². The van der Waals surface area contributed by atoms with Gasteiger partial charge in [0.1, 0.15) is 0 Å². The average molecular weight is 379 g/mol. The van der Waals surface area contributed by atoms with Crippen LogP contribution in [0.1, 0.15) is 42.5 Å². The summed E-state index contributed by atoms with van der Waals surface area (Å²) in [6.45, 7) is 3.40. The molecule has 1 saturated carbocycles. The zero-order valence-electron chi connectivity index (χ0n) is 14.7. The van der Waals surface area contributed by atoms with Gasteiger partial charge in [0.15, 0.2) is 0 Å². The Labute approximate surface area is 154 Å². The zero-order chi connectivity index (χ0) is 19.0. The largest absolute Gasteiger partial charge is 0.351 e. The predicted molar refractivity (Wildman–Crippen MR) is 101 cm³/mol. The SMILES string of the molecule is C=CC(=O)Nc1ccc(C(=O)NCCS(=O)(=O)NC2CCCCC2)cc1. The number of anilines is 1. The molecule has 1 aliphatic rings. The smallest absolute Gasteiger partial charge is 0.251 e. The first kappa shape index (κ1) is 20.1. The Morgan fingerprint density at radius 3 is 2.38 bits per heavy atom. The van der Waals surface area contributed by atoms with Gasteiger partial charge in [-0.3, -0.25) is 9.59 Å². The number of hydrogen-bond acceptors (Lipinski definition) is 4. The van der Waals surface area contributed by atoms with Gasteiger partial charge in [0.05, 0.1) is 5.75 Å². The Bertz CT molecular complexity index is 738. The van der Waals surface area contributed by atoms with Crippen molar-refractivity contribution in [2.45, 2.75) is 38.1 Å². The molecule has 1 aliphatic carbocycles. The molecule has 1 fully saturated rings. The fraction of sp³-hybridized carbons (Fsp3) is 0.444. The maximum atomic E-state index is 12.1. The summed E-state index contributed by atoms with van der Waals surface area (Å²) in [5.41, 5.74) is 0.935. The topological polar surface area (TPSA) is 104 Å². The molecule has 8 heteroatoms. The van der Waals surface area contributed by atoms with Gasteiger partial charge in [0.2, 0.25) is 15.9 Å². The van der Waals surface area contributed by atoms with E-state index in [1.807, 2.05) is 0 Å². The Morgan fingerprint density at radius 1 is 1.12 bits per heavy atom. The van der Waals surface area contributed by atoms with Crippen molar-refractivity contribution in [3.8, 4) is 0 Å². The Balaban J connectivity index is 1.78. The first-order valence-electron chi connectivity index (χ1n) is 8.71. The number of hydrogen-bond donors (Lipinski definition) is 3. The minimum Gasteiger partial charge on any atom is -0.351 e. The average Bonchev–Trinajstić information content (AvgIpc) is 2.62. The van der Waals surface area contributed by atoms with Crippen molar-refractivity contribution in [2.75, 3.05) is 17.6 Å². The molecular formula is C18H25N3O4S. The van der Waals surface area contributed by atoms with Crippen LogP contribution in [0, 0.1) is 0 Å². The predicted octanol–water partition coefficient (Wildman–Crippen LogP) is 1.79. The molecular weight excluding hydrogens is 354 g/mol. The van der Waals surface area contributed by atoms with Crippen molar-refractivity contribution in [1.82, 2.24) is 10.0 Å². The van der Waals surface area contributed by atoms with Crippen molar-refractivity contribution in [1.29, 1.82) is 0 Å². The third-order valence-electron chi connectivity index (χ3n) is 4.21. The highest BCUT2D eigenvalue weighted by atomic mass is 32.2. The maximum Gasteiger partial charge on any atom is 0.251 e. The Hall–Kier alpha value is -2.19. The molecule has 1 aromatic rings. The van der Waals surface area contributed by atoms with Gasteiger partial charge in [-0.1, -0.05) is 25.8 Å². The fourth-order valence-electron chi connectivity index (χ4n) is 2.83. The van der Waals surface area contributed by atoms with Crippen molar-refractivity contribution >= 4 is 27.5 Å². The summed E-state index contributed by atoms with van der Waals surface area (Å²) in [5, 5.41) is 5.19. The van der Waals surface area contributed by atoms with Crippen LogP contribution in [0.15, 0.2) is 36.9 Å². The van der Waals surface area contributed by atoms with Gasteiger partial charge in [0.25, 0.3) is 5.91 Å². The molecule has 7 nitrogen and oxygen atoms in total. The minimum absolute atomic E-state index is 0.0165. The Morgan fingerprint density at radius 2 is 1.77 bits per heavy atom. The summed E-state index contributed by atoms with van der Waals surface area (Å²) in [7, 11) is -3.40. The van der Waals surface area contributed by atoms with Crippen molar-refractivity contribution in [2.24, 2.45) is 0 Å². The van der Waals surface area contributed by atoms with Gasteiger partial charge < -0.3 is 10.6 Å². The number of amides is 2. The molecule has 2 rings (SSSR count). The van der Waals surface area contributed by atoms with Gasteiger partial charge in [-0.25, -0.2) is 13.1 Å². The molecule has 142 valence electrons. The third-order valence-corrected chi connectivity index (χ3v) is 5.64. The lowest BCUT2D eigenvalue weighted by Crippen LogP contribution is -2.40. The van der Waals surface area contributed by atoms with Gasteiger partial charge in [-0.05, 0) is 43.2 Å². The second kappa shape index (κ2) is 9.49. The molecule has 0 atom stereocenters. The molecule has 0 unspecified atom stereocenters. The number of rotatable bonds is 8. The monoisotopic (exact) mass is 379 g/mol. The van der Waals surface area contributed by atoms with Crippen LogP contribution < -0.4 is 15.4 Å². The molecule has 0 radical (unpaired) electrons. The van der Waals surface area contributed by atoms with E-state index in [-0.39, 0.29) is 30.2 Å². The molecule has 0 aliphatic heterocycles. The fourth-order valence-corrected chi connectivity index (χ4v) is 4.06. The maximum absolute atomic E-state index is 12.1. The van der Waals surface area contributed by atoms with E-state index < -0.39 is 10.0 Å². The van der Waals surface area contributed by atoms with Crippen LogP contribution in [0.4, 0.5) is 5.69 Å². The standard InChI is InChI=1S/C18H25N3O4S/c1-2-17(22)20-15-10-8-14(9-11-15)18(23)19-12-13-26(24,25)21-16-6-4-3-5-7-16/h2,8-11,16,21H,1,3-7,12-13H2,(H,19,23)(H,20,22). The van der Waals surface area contributed by atoms with Crippen LogP contribution in [0.5, 0.6) is 0 Å². The number of nitrogens with one attached hydrogen (secondary N) is 3. The first-order valence-corrected chi connectivity index (χ1v) is 10.4. The van der Waals surface area contributed by atoms with Gasteiger partial charge in [0, 0.05) is 23.8 Å². The summed E-state index contributed by atoms with van der Waals surface area (Å²) < 4.78 is 26.9.